The van der Waals surface area contributed by atoms with Crippen LogP contribution in [0.15, 0.2) is 47.6 Å². The van der Waals surface area contributed by atoms with Gasteiger partial charge >= 0.3 is 5.51 Å². The molecule has 1 saturated heterocycles. The van der Waals surface area contributed by atoms with Crippen LogP contribution in [-0.4, -0.2) is 53.4 Å². The summed E-state index contributed by atoms with van der Waals surface area (Å²) in [5, 5.41) is 2.39. The molecule has 0 saturated carbocycles. The third-order valence-corrected chi connectivity index (χ3v) is 5.70. The number of thioether (sulfide) groups is 1. The molecule has 1 N–H and O–H groups in total. The van der Waals surface area contributed by atoms with Gasteiger partial charge in [-0.15, -0.1) is 0 Å². The Morgan fingerprint density at radius 2 is 1.90 bits per heavy atom. The zero-order valence-corrected chi connectivity index (χ0v) is 17.6. The van der Waals surface area contributed by atoms with Crippen LogP contribution in [0.3, 0.4) is 0 Å². The normalized spacial score (nSPS) is 14.9. The van der Waals surface area contributed by atoms with Crippen molar-refractivity contribution in [3.05, 3.63) is 53.7 Å². The second kappa shape index (κ2) is 10.0. The molecule has 2 aromatic rings. The smallest absolute Gasteiger partial charge is 0.447 e. The molecule has 0 atom stereocenters. The summed E-state index contributed by atoms with van der Waals surface area (Å²) in [4.78, 5) is 30.6. The highest BCUT2D eigenvalue weighted by Gasteiger charge is 2.33. The monoisotopic (exact) mass is 453 g/mol. The van der Waals surface area contributed by atoms with Gasteiger partial charge in [0, 0.05) is 42.7 Å². The minimum absolute atomic E-state index is 0.0367. The van der Waals surface area contributed by atoms with E-state index in [0.717, 1.165) is 5.56 Å². The molecule has 0 spiro atoms. The van der Waals surface area contributed by atoms with Crippen LogP contribution >= 0.6 is 11.8 Å². The number of rotatable bonds is 6. The lowest BCUT2D eigenvalue weighted by atomic mass is 10.0. The van der Waals surface area contributed by atoms with Crippen LogP contribution in [0.1, 0.15) is 28.8 Å². The molecule has 2 amide bonds. The second-order valence-corrected chi connectivity index (χ2v) is 8.07. The van der Waals surface area contributed by atoms with E-state index in [-0.39, 0.29) is 29.0 Å². The molecular weight excluding hydrogens is 431 g/mol. The Balaban J connectivity index is 1.55. The van der Waals surface area contributed by atoms with Crippen LogP contribution in [0.5, 0.6) is 5.75 Å². The van der Waals surface area contributed by atoms with E-state index in [4.69, 9.17) is 4.74 Å². The highest BCUT2D eigenvalue weighted by atomic mass is 32.2. The SMILES string of the molecule is COc1ccccc1CC(=O)N1CCC(NC(=O)c2cccnc2SC(F)(F)F)CC1. The maximum atomic E-state index is 12.7. The number of ether oxygens (including phenoxy) is 1. The Morgan fingerprint density at radius 3 is 2.58 bits per heavy atom. The fourth-order valence-corrected chi connectivity index (χ4v) is 4.02. The van der Waals surface area contributed by atoms with Crippen molar-refractivity contribution in [2.45, 2.75) is 35.8 Å². The van der Waals surface area contributed by atoms with Crippen molar-refractivity contribution in [3.63, 3.8) is 0 Å². The van der Waals surface area contributed by atoms with Crippen LogP contribution in [0.4, 0.5) is 13.2 Å². The van der Waals surface area contributed by atoms with Gasteiger partial charge in [-0.1, -0.05) is 18.2 Å². The van der Waals surface area contributed by atoms with Gasteiger partial charge in [0.2, 0.25) is 5.91 Å². The van der Waals surface area contributed by atoms with Crippen molar-refractivity contribution >= 4 is 23.6 Å². The van der Waals surface area contributed by atoms with E-state index >= 15 is 0 Å². The largest absolute Gasteiger partial charge is 0.496 e. The minimum atomic E-state index is -4.53. The Bertz CT molecular complexity index is 931. The number of methoxy groups -OCH3 is 1. The topological polar surface area (TPSA) is 71.5 Å². The Labute approximate surface area is 182 Å². The molecule has 10 heteroatoms. The third-order valence-electron chi connectivity index (χ3n) is 4.95. The zero-order valence-electron chi connectivity index (χ0n) is 16.8. The summed E-state index contributed by atoms with van der Waals surface area (Å²) in [6.45, 7) is 0.909. The van der Waals surface area contributed by atoms with E-state index in [1.54, 1.807) is 18.1 Å². The van der Waals surface area contributed by atoms with Crippen LogP contribution in [-0.2, 0) is 11.2 Å². The Morgan fingerprint density at radius 1 is 1.19 bits per heavy atom. The molecule has 1 aromatic heterocycles. The summed E-state index contributed by atoms with van der Waals surface area (Å²) in [5.74, 6) is 0.0195. The lowest BCUT2D eigenvalue weighted by Gasteiger charge is -2.32. The lowest BCUT2D eigenvalue weighted by Crippen LogP contribution is -2.47. The summed E-state index contributed by atoms with van der Waals surface area (Å²) < 4.78 is 43.4. The second-order valence-electron chi connectivity index (χ2n) is 7.02. The number of nitrogens with one attached hydrogen (secondary N) is 1. The standard InChI is InChI=1S/C21H22F3N3O3S/c1-30-17-7-3-2-5-14(17)13-18(28)27-11-8-15(9-12-27)26-19(29)16-6-4-10-25-20(16)31-21(22,23)24/h2-7,10,15H,8-9,11-13H2,1H3,(H,26,29). The van der Waals surface area contributed by atoms with Crippen molar-refractivity contribution < 1.29 is 27.5 Å². The number of piperidine rings is 1. The molecule has 1 fully saturated rings. The molecule has 1 aliphatic rings. The summed E-state index contributed by atoms with van der Waals surface area (Å²) in [5.41, 5.74) is -3.84. The molecule has 0 bridgehead atoms. The van der Waals surface area contributed by atoms with Gasteiger partial charge in [-0.2, -0.15) is 13.2 Å². The van der Waals surface area contributed by atoms with Crippen molar-refractivity contribution in [2.75, 3.05) is 20.2 Å². The number of alkyl halides is 3. The number of halogens is 3. The van der Waals surface area contributed by atoms with Crippen molar-refractivity contribution in [2.24, 2.45) is 0 Å². The average Bonchev–Trinajstić information content (AvgIpc) is 2.74. The van der Waals surface area contributed by atoms with E-state index in [1.165, 1.54) is 18.3 Å². The van der Waals surface area contributed by atoms with Gasteiger partial charge in [-0.3, -0.25) is 9.59 Å². The highest BCUT2D eigenvalue weighted by Crippen LogP contribution is 2.37. The fraction of sp³-hybridized carbons (Fsp3) is 0.381. The number of hydrogen-bond acceptors (Lipinski definition) is 5. The third kappa shape index (κ3) is 6.36. The van der Waals surface area contributed by atoms with E-state index in [0.29, 0.717) is 31.7 Å². The predicted molar refractivity (Wildman–Crippen MR) is 110 cm³/mol. The number of benzene rings is 1. The van der Waals surface area contributed by atoms with Crippen LogP contribution in [0.2, 0.25) is 0 Å². The molecule has 0 radical (unpaired) electrons. The van der Waals surface area contributed by atoms with Crippen molar-refractivity contribution in [3.8, 4) is 5.75 Å². The van der Waals surface area contributed by atoms with Gasteiger partial charge in [-0.25, -0.2) is 4.98 Å². The zero-order chi connectivity index (χ0) is 22.4. The van der Waals surface area contributed by atoms with E-state index in [9.17, 15) is 22.8 Å². The van der Waals surface area contributed by atoms with Crippen LogP contribution in [0.25, 0.3) is 0 Å². The number of hydrogen-bond donors (Lipinski definition) is 1. The van der Waals surface area contributed by atoms with Crippen LogP contribution in [0, 0.1) is 0 Å². The Kier molecular flexibility index (Phi) is 7.42. The molecule has 31 heavy (non-hydrogen) atoms. The maximum absolute atomic E-state index is 12.7. The number of carbonyl (C=O) groups excluding carboxylic acids is 2. The molecule has 3 rings (SSSR count). The number of aromatic nitrogens is 1. The molecule has 166 valence electrons. The maximum Gasteiger partial charge on any atom is 0.447 e. The highest BCUT2D eigenvalue weighted by molar-refractivity contribution is 8.00. The van der Waals surface area contributed by atoms with Gasteiger partial charge in [0.1, 0.15) is 10.8 Å². The fourth-order valence-electron chi connectivity index (χ4n) is 3.41. The minimum Gasteiger partial charge on any atom is -0.496 e. The first-order valence-corrected chi connectivity index (χ1v) is 10.5. The van der Waals surface area contributed by atoms with Gasteiger partial charge in [0.05, 0.1) is 19.1 Å². The summed E-state index contributed by atoms with van der Waals surface area (Å²) >= 11 is -0.409. The van der Waals surface area contributed by atoms with Crippen molar-refractivity contribution in [1.29, 1.82) is 0 Å². The number of amides is 2. The van der Waals surface area contributed by atoms with E-state index < -0.39 is 23.2 Å². The molecular formula is C21H22F3N3O3S. The first-order chi connectivity index (χ1) is 14.8. The first-order valence-electron chi connectivity index (χ1n) is 9.68. The number of carbonyl (C=O) groups is 2. The number of pyridine rings is 1. The van der Waals surface area contributed by atoms with Gasteiger partial charge in [-0.05, 0) is 31.0 Å². The molecule has 0 aliphatic carbocycles. The quantitative estimate of drug-likeness (QED) is 0.676. The molecule has 2 heterocycles. The van der Waals surface area contributed by atoms with E-state index in [2.05, 4.69) is 10.3 Å². The number of likely N-dealkylation sites (tertiary alicyclic amines) is 1. The molecule has 6 nitrogen and oxygen atoms in total. The van der Waals surface area contributed by atoms with Gasteiger partial charge in [0.15, 0.2) is 0 Å². The van der Waals surface area contributed by atoms with Gasteiger partial charge in [0.25, 0.3) is 5.91 Å². The van der Waals surface area contributed by atoms with Gasteiger partial charge < -0.3 is 15.0 Å². The molecule has 0 unspecified atom stereocenters. The number of para-hydroxylation sites is 1. The van der Waals surface area contributed by atoms with Crippen LogP contribution < -0.4 is 10.1 Å². The van der Waals surface area contributed by atoms with E-state index in [1.807, 2.05) is 18.2 Å². The first kappa shape index (κ1) is 22.9. The number of nitrogens with zero attached hydrogens (tertiary/aromatic N) is 2. The molecule has 1 aliphatic heterocycles. The lowest BCUT2D eigenvalue weighted by molar-refractivity contribution is -0.131. The average molecular weight is 453 g/mol. The molecule has 1 aromatic carbocycles. The van der Waals surface area contributed by atoms with Crippen molar-refractivity contribution in [1.82, 2.24) is 15.2 Å². The summed E-state index contributed by atoms with van der Waals surface area (Å²) in [6, 6.07) is 9.84. The summed E-state index contributed by atoms with van der Waals surface area (Å²) in [7, 11) is 1.55. The predicted octanol–water partition coefficient (Wildman–Crippen LogP) is 3.67. The Hall–Kier alpha value is -2.75. The summed E-state index contributed by atoms with van der Waals surface area (Å²) in [6.07, 6.45) is 2.47.